The van der Waals surface area contributed by atoms with Crippen LogP contribution in [0.25, 0.3) is 10.9 Å². The van der Waals surface area contributed by atoms with Crippen molar-refractivity contribution < 1.29 is 47.7 Å². The van der Waals surface area contributed by atoms with Crippen molar-refractivity contribution >= 4 is 46.9 Å². The van der Waals surface area contributed by atoms with Crippen molar-refractivity contribution in [2.45, 2.75) is 149 Å². The third-order valence-corrected chi connectivity index (χ3v) is 10.1. The highest BCUT2D eigenvalue weighted by atomic mass is 16.6. The lowest BCUT2D eigenvalue weighted by Gasteiger charge is -2.27. The van der Waals surface area contributed by atoms with Crippen molar-refractivity contribution in [2.75, 3.05) is 19.6 Å². The molecule has 4 rings (SSSR count). The maximum absolute atomic E-state index is 14.5. The predicted molar refractivity (Wildman–Crippen MR) is 265 cm³/mol. The van der Waals surface area contributed by atoms with Gasteiger partial charge in [-0.05, 0) is 129 Å². The van der Waals surface area contributed by atoms with Crippen LogP contribution >= 0.6 is 0 Å². The van der Waals surface area contributed by atoms with E-state index < -0.39 is 70.9 Å². The number of aromatic amines is 1. The number of ether oxygens (including phenoxy) is 4. The number of carbonyl (C=O) groups is 6. The minimum absolute atomic E-state index is 0.0388. The van der Waals surface area contributed by atoms with Crippen molar-refractivity contribution in [1.82, 2.24) is 36.9 Å². The summed E-state index contributed by atoms with van der Waals surface area (Å²) in [5.74, 6) is -1.11. The van der Waals surface area contributed by atoms with Crippen LogP contribution in [0.5, 0.6) is 5.75 Å². The lowest BCUT2D eigenvalue weighted by atomic mass is 10.0. The molecule has 17 heteroatoms. The Morgan fingerprint density at radius 1 is 0.507 bits per heavy atom. The molecule has 4 aromatic rings. The molecular weight excluding hydrogens is 883 g/mol. The first-order chi connectivity index (χ1) is 32.5. The number of nitrogens with one attached hydrogen (secondary N) is 7. The van der Waals surface area contributed by atoms with Crippen molar-refractivity contribution in [3.8, 4) is 5.75 Å². The summed E-state index contributed by atoms with van der Waals surface area (Å²) in [6.07, 6.45) is 2.03. The molecule has 0 spiro atoms. The molecule has 0 saturated heterocycles. The van der Waals surface area contributed by atoms with Gasteiger partial charge in [-0.25, -0.2) is 14.4 Å². The fourth-order valence-electron chi connectivity index (χ4n) is 6.97. The second kappa shape index (κ2) is 26.1. The van der Waals surface area contributed by atoms with E-state index in [-0.39, 0.29) is 32.4 Å². The average molecular weight is 956 g/mol. The van der Waals surface area contributed by atoms with Crippen LogP contribution in [0.15, 0.2) is 85.1 Å². The Morgan fingerprint density at radius 3 is 1.62 bits per heavy atom. The second-order valence-corrected chi connectivity index (χ2v) is 19.9. The molecule has 376 valence electrons. The Kier molecular flexibility index (Phi) is 20.7. The Morgan fingerprint density at radius 2 is 1.01 bits per heavy atom. The third kappa shape index (κ3) is 21.4. The zero-order valence-electron chi connectivity index (χ0n) is 41.7. The van der Waals surface area contributed by atoms with E-state index in [9.17, 15) is 28.8 Å². The number of alkyl carbamates (subject to hydrolysis) is 3. The van der Waals surface area contributed by atoms with E-state index in [1.807, 2.05) is 54.6 Å². The molecule has 0 bridgehead atoms. The van der Waals surface area contributed by atoms with Crippen molar-refractivity contribution in [3.63, 3.8) is 0 Å². The zero-order valence-corrected chi connectivity index (χ0v) is 41.7. The topological polar surface area (TPSA) is 227 Å². The van der Waals surface area contributed by atoms with E-state index >= 15 is 0 Å². The molecular formula is C52H73N7O10. The summed E-state index contributed by atoms with van der Waals surface area (Å²) in [4.78, 5) is 83.8. The van der Waals surface area contributed by atoms with Crippen LogP contribution in [0.2, 0.25) is 0 Å². The normalized spacial score (nSPS) is 12.9. The summed E-state index contributed by atoms with van der Waals surface area (Å²) < 4.78 is 22.1. The van der Waals surface area contributed by atoms with Gasteiger partial charge in [0.15, 0.2) is 0 Å². The standard InChI is InChI=1S/C52H73N7O10/c1-50(2,3)67-47(63)54-29-16-15-23-41(57-46(62)42(59-49(65)69-52(7,8)9)31-35-24-26-38(27-25-35)66-34-36-19-11-10-12-20-36)45(61)58-43(32-37-33-56-40-22-14-13-21-39(37)40)44(60)53-28-17-18-30-55-48(64)68-51(4,5)6/h10-14,19-22,24-27,33,41-43,56H,15-18,23,28-32,34H2,1-9H3,(H,53,60)(H,54,63)(H,55,64)(H,57,62)(H,58,61)(H,59,65)/t41-,42+,43+/m1/s1. The number of hydrogen-bond donors (Lipinski definition) is 7. The molecule has 0 fully saturated rings. The largest absolute Gasteiger partial charge is 0.489 e. The van der Waals surface area contributed by atoms with Gasteiger partial charge in [-0.3, -0.25) is 14.4 Å². The highest BCUT2D eigenvalue weighted by molar-refractivity contribution is 5.94. The van der Waals surface area contributed by atoms with Gasteiger partial charge in [0.05, 0.1) is 0 Å². The quantitative estimate of drug-likeness (QED) is 0.0286. The van der Waals surface area contributed by atoms with E-state index in [1.54, 1.807) is 92.8 Å². The number of carbonyl (C=O) groups excluding carboxylic acids is 6. The van der Waals surface area contributed by atoms with Crippen LogP contribution < -0.4 is 36.6 Å². The fraction of sp³-hybridized carbons (Fsp3) is 0.500. The molecule has 0 aliphatic carbocycles. The number of para-hydroxylation sites is 1. The van der Waals surface area contributed by atoms with E-state index in [0.29, 0.717) is 50.1 Å². The van der Waals surface area contributed by atoms with E-state index in [0.717, 1.165) is 22.0 Å². The molecule has 3 aromatic carbocycles. The Balaban J connectivity index is 1.54. The molecule has 0 aliphatic rings. The number of amides is 6. The van der Waals surface area contributed by atoms with Gasteiger partial charge in [-0.15, -0.1) is 0 Å². The number of unbranched alkanes of at least 4 members (excludes halogenated alkanes) is 2. The van der Waals surface area contributed by atoms with Gasteiger partial charge >= 0.3 is 18.3 Å². The predicted octanol–water partition coefficient (Wildman–Crippen LogP) is 7.51. The average Bonchev–Trinajstić information content (AvgIpc) is 3.67. The zero-order chi connectivity index (χ0) is 50.6. The van der Waals surface area contributed by atoms with Gasteiger partial charge < -0.3 is 55.8 Å². The smallest absolute Gasteiger partial charge is 0.408 e. The lowest BCUT2D eigenvalue weighted by molar-refractivity contribution is -0.132. The van der Waals surface area contributed by atoms with E-state index in [1.165, 1.54) is 0 Å². The van der Waals surface area contributed by atoms with Crippen LogP contribution in [0.1, 0.15) is 111 Å². The van der Waals surface area contributed by atoms with Crippen LogP contribution in [-0.2, 0) is 48.0 Å². The molecule has 3 atom stereocenters. The molecule has 0 radical (unpaired) electrons. The summed E-state index contributed by atoms with van der Waals surface area (Å²) in [6, 6.07) is 21.1. The first-order valence-corrected chi connectivity index (χ1v) is 23.7. The van der Waals surface area contributed by atoms with Crippen LogP contribution in [0, 0.1) is 0 Å². The summed E-state index contributed by atoms with van der Waals surface area (Å²) in [5, 5.41) is 17.7. The first kappa shape index (κ1) is 54.8. The minimum Gasteiger partial charge on any atom is -0.489 e. The molecule has 1 heterocycles. The van der Waals surface area contributed by atoms with Gasteiger partial charge in [-0.1, -0.05) is 60.7 Å². The van der Waals surface area contributed by atoms with Gasteiger partial charge in [0.2, 0.25) is 17.7 Å². The molecule has 69 heavy (non-hydrogen) atoms. The molecule has 0 aliphatic heterocycles. The fourth-order valence-corrected chi connectivity index (χ4v) is 6.97. The maximum atomic E-state index is 14.5. The number of fused-ring (bicyclic) bond motifs is 1. The highest BCUT2D eigenvalue weighted by Crippen LogP contribution is 2.20. The van der Waals surface area contributed by atoms with Crippen LogP contribution in [-0.4, -0.2) is 95.5 Å². The van der Waals surface area contributed by atoms with Gasteiger partial charge in [0, 0.05) is 49.6 Å². The van der Waals surface area contributed by atoms with Crippen molar-refractivity contribution in [1.29, 1.82) is 0 Å². The molecule has 17 nitrogen and oxygen atoms in total. The maximum Gasteiger partial charge on any atom is 0.408 e. The second-order valence-electron chi connectivity index (χ2n) is 19.9. The van der Waals surface area contributed by atoms with Crippen LogP contribution in [0.4, 0.5) is 14.4 Å². The van der Waals surface area contributed by atoms with Gasteiger partial charge in [0.1, 0.15) is 47.3 Å². The number of hydrogen-bond acceptors (Lipinski definition) is 10. The van der Waals surface area contributed by atoms with Crippen molar-refractivity contribution in [2.24, 2.45) is 0 Å². The Hall–Kier alpha value is -6.78. The molecule has 0 saturated carbocycles. The Labute approximate surface area is 406 Å². The molecule has 7 N–H and O–H groups in total. The van der Waals surface area contributed by atoms with Gasteiger partial charge in [0.25, 0.3) is 0 Å². The third-order valence-electron chi connectivity index (χ3n) is 10.1. The molecule has 0 unspecified atom stereocenters. The van der Waals surface area contributed by atoms with Gasteiger partial charge in [-0.2, -0.15) is 0 Å². The number of benzene rings is 3. The van der Waals surface area contributed by atoms with E-state index in [4.69, 9.17) is 18.9 Å². The first-order valence-electron chi connectivity index (χ1n) is 23.7. The number of aromatic nitrogens is 1. The molecule has 1 aromatic heterocycles. The van der Waals surface area contributed by atoms with Crippen LogP contribution in [0.3, 0.4) is 0 Å². The summed E-state index contributed by atoms with van der Waals surface area (Å²) >= 11 is 0. The minimum atomic E-state index is -1.19. The Bertz CT molecular complexity index is 2280. The van der Waals surface area contributed by atoms with E-state index in [2.05, 4.69) is 36.9 Å². The number of rotatable bonds is 23. The summed E-state index contributed by atoms with van der Waals surface area (Å²) in [5.41, 5.74) is 1.17. The highest BCUT2D eigenvalue weighted by Gasteiger charge is 2.31. The lowest BCUT2D eigenvalue weighted by Crippen LogP contribution is -2.57. The summed E-state index contributed by atoms with van der Waals surface area (Å²) in [6.45, 7) is 17.0. The monoisotopic (exact) mass is 956 g/mol. The van der Waals surface area contributed by atoms with Crippen molar-refractivity contribution in [3.05, 3.63) is 102 Å². The molecule has 6 amide bonds. The summed E-state index contributed by atoms with van der Waals surface area (Å²) in [7, 11) is 0. The SMILES string of the molecule is CC(C)(C)OC(=O)NCCCCNC(=O)[C@H](Cc1c[nH]c2ccccc12)NC(=O)[C@@H](CCCCNC(=O)OC(C)(C)C)NC(=O)[C@H](Cc1ccc(OCc2ccccc2)cc1)NC(=O)OC(C)(C)C. The number of H-pyrrole nitrogens is 1.